The number of halogens is 6. The second-order valence-electron chi connectivity index (χ2n) is 13.7. The minimum atomic E-state index is -5.18. The minimum absolute atomic E-state index is 0.0732. The number of fused-ring (bicyclic) bond motifs is 1. The first-order valence-electron chi connectivity index (χ1n) is 14.5. The van der Waals surface area contributed by atoms with E-state index in [0.29, 0.717) is 13.0 Å². The van der Waals surface area contributed by atoms with E-state index in [2.05, 4.69) is 16.0 Å². The number of amides is 4. The standard InChI is InChI=1S/C30H35F6N5O4/c1-27(2,3)22(40-24(43)15-8-16(29(31,32)33)11-17(9-15)30(34,35)36)26(45)41-13-19-20(28(19,4)5)21(41)25(44)39-18(12-37)10-14-6-7-38-23(14)42/h8-9,11,14,18-22H,6-7,10,13H2,1-5H3,(H,38,42)(H,39,44)(H,40,43)/t14-,18-,19-,20-,21-,22+/m0/s1. The topological polar surface area (TPSA) is 131 Å². The number of hydrogen-bond donors (Lipinski definition) is 3. The number of piperidine rings is 1. The highest BCUT2D eigenvalue weighted by Gasteiger charge is 2.69. The molecule has 9 nitrogen and oxygen atoms in total. The number of likely N-dealkylation sites (tertiary alicyclic amines) is 1. The van der Waals surface area contributed by atoms with Crippen LogP contribution in [0.2, 0.25) is 0 Å². The molecule has 15 heteroatoms. The van der Waals surface area contributed by atoms with Crippen molar-refractivity contribution in [3.05, 3.63) is 34.9 Å². The zero-order valence-electron chi connectivity index (χ0n) is 25.3. The van der Waals surface area contributed by atoms with Gasteiger partial charge in [-0.15, -0.1) is 0 Å². The molecule has 0 radical (unpaired) electrons. The molecule has 3 N–H and O–H groups in total. The Morgan fingerprint density at radius 1 is 1.04 bits per heavy atom. The van der Waals surface area contributed by atoms with Gasteiger partial charge in [-0.25, -0.2) is 0 Å². The van der Waals surface area contributed by atoms with Crippen molar-refractivity contribution in [1.82, 2.24) is 20.9 Å². The average Bonchev–Trinajstić information content (AvgIpc) is 3.25. The highest BCUT2D eigenvalue weighted by Crippen LogP contribution is 2.65. The van der Waals surface area contributed by atoms with Crippen molar-refractivity contribution in [2.45, 2.75) is 77.9 Å². The van der Waals surface area contributed by atoms with Crippen LogP contribution in [0.15, 0.2) is 18.2 Å². The Morgan fingerprint density at radius 3 is 2.09 bits per heavy atom. The van der Waals surface area contributed by atoms with E-state index in [-0.39, 0.29) is 54.3 Å². The summed E-state index contributed by atoms with van der Waals surface area (Å²) in [6.07, 6.45) is -9.78. The molecule has 0 bridgehead atoms. The first-order valence-corrected chi connectivity index (χ1v) is 14.5. The molecule has 45 heavy (non-hydrogen) atoms. The summed E-state index contributed by atoms with van der Waals surface area (Å²) in [4.78, 5) is 54.1. The van der Waals surface area contributed by atoms with E-state index in [1.165, 1.54) is 4.90 Å². The van der Waals surface area contributed by atoms with Gasteiger partial charge in [-0.2, -0.15) is 31.6 Å². The molecule has 246 valence electrons. The van der Waals surface area contributed by atoms with E-state index in [1.54, 1.807) is 20.8 Å². The van der Waals surface area contributed by atoms with Crippen LogP contribution in [0, 0.1) is 39.9 Å². The Balaban J connectivity index is 1.60. The molecule has 1 aliphatic carbocycles. The van der Waals surface area contributed by atoms with Gasteiger partial charge in [0.1, 0.15) is 18.1 Å². The van der Waals surface area contributed by atoms with Gasteiger partial charge in [-0.3, -0.25) is 19.2 Å². The number of nitrogens with one attached hydrogen (secondary N) is 3. The average molecular weight is 644 g/mol. The summed E-state index contributed by atoms with van der Waals surface area (Å²) in [5.41, 5.74) is -5.72. The molecule has 0 unspecified atom stereocenters. The van der Waals surface area contributed by atoms with Crippen LogP contribution in [-0.2, 0) is 26.7 Å². The molecular weight excluding hydrogens is 608 g/mol. The van der Waals surface area contributed by atoms with Gasteiger partial charge < -0.3 is 20.9 Å². The Morgan fingerprint density at radius 2 is 1.62 bits per heavy atom. The van der Waals surface area contributed by atoms with Crippen LogP contribution in [0.25, 0.3) is 0 Å². The SMILES string of the molecule is CC(C)(C)[C@H](NC(=O)c1cc(C(F)(F)F)cc(C(F)(F)F)c1)C(=O)N1C[C@H]2[C@@H]([C@H]1C(=O)N[C@H](C#N)C[C@@H]1CCNC1=O)C2(C)C. The largest absolute Gasteiger partial charge is 0.416 e. The summed E-state index contributed by atoms with van der Waals surface area (Å²) < 4.78 is 80.5. The van der Waals surface area contributed by atoms with E-state index in [9.17, 15) is 50.8 Å². The molecule has 4 rings (SSSR count). The number of nitrogens with zero attached hydrogens (tertiary/aromatic N) is 2. The third-order valence-electron chi connectivity index (χ3n) is 9.15. The quantitative estimate of drug-likeness (QED) is 0.388. The second-order valence-corrected chi connectivity index (χ2v) is 13.7. The van der Waals surface area contributed by atoms with Crippen LogP contribution < -0.4 is 16.0 Å². The molecule has 2 aliphatic heterocycles. The van der Waals surface area contributed by atoms with Crippen molar-refractivity contribution in [3.8, 4) is 6.07 Å². The van der Waals surface area contributed by atoms with Crippen LogP contribution in [0.4, 0.5) is 26.3 Å². The molecule has 4 amide bonds. The summed E-state index contributed by atoms with van der Waals surface area (Å²) >= 11 is 0. The molecule has 6 atom stereocenters. The lowest BCUT2D eigenvalue weighted by atomic mass is 9.85. The monoisotopic (exact) mass is 643 g/mol. The van der Waals surface area contributed by atoms with E-state index < -0.39 is 76.2 Å². The fourth-order valence-corrected chi connectivity index (χ4v) is 6.48. The Bertz CT molecular complexity index is 1400. The highest BCUT2D eigenvalue weighted by molar-refractivity contribution is 5.99. The normalized spacial score (nSPS) is 25.5. The maximum atomic E-state index is 14.0. The van der Waals surface area contributed by atoms with Crippen LogP contribution in [0.1, 0.15) is 68.9 Å². The van der Waals surface area contributed by atoms with Gasteiger partial charge >= 0.3 is 12.4 Å². The van der Waals surface area contributed by atoms with Gasteiger partial charge in [0.05, 0.1) is 17.2 Å². The molecule has 1 aromatic carbocycles. The molecule has 0 aromatic heterocycles. The maximum Gasteiger partial charge on any atom is 0.416 e. The lowest BCUT2D eigenvalue weighted by Gasteiger charge is -2.38. The van der Waals surface area contributed by atoms with E-state index in [1.807, 2.05) is 19.9 Å². The van der Waals surface area contributed by atoms with Crippen molar-refractivity contribution in [1.29, 1.82) is 5.26 Å². The third kappa shape index (κ3) is 6.89. The zero-order valence-corrected chi connectivity index (χ0v) is 25.3. The number of carbonyl (C=O) groups is 4. The summed E-state index contributed by atoms with van der Waals surface area (Å²) in [6.45, 7) is 9.07. The van der Waals surface area contributed by atoms with Gasteiger partial charge in [0.15, 0.2) is 0 Å². The molecule has 1 aromatic rings. The highest BCUT2D eigenvalue weighted by atomic mass is 19.4. The fraction of sp³-hybridized carbons (Fsp3) is 0.633. The third-order valence-corrected chi connectivity index (χ3v) is 9.15. The van der Waals surface area contributed by atoms with Crippen molar-refractivity contribution in [3.63, 3.8) is 0 Å². The molecular formula is C30H35F6N5O4. The maximum absolute atomic E-state index is 14.0. The summed E-state index contributed by atoms with van der Waals surface area (Å²) in [6, 6.07) is -1.07. The summed E-state index contributed by atoms with van der Waals surface area (Å²) in [7, 11) is 0. The van der Waals surface area contributed by atoms with Gasteiger partial charge in [0.25, 0.3) is 5.91 Å². The van der Waals surface area contributed by atoms with E-state index >= 15 is 0 Å². The predicted octanol–water partition coefficient (Wildman–Crippen LogP) is 3.89. The fourth-order valence-electron chi connectivity index (χ4n) is 6.48. The van der Waals surface area contributed by atoms with E-state index in [0.717, 1.165) is 0 Å². The molecule has 0 spiro atoms. The second kappa shape index (κ2) is 11.5. The first kappa shape index (κ1) is 34.1. The van der Waals surface area contributed by atoms with Crippen LogP contribution in [0.5, 0.6) is 0 Å². The van der Waals surface area contributed by atoms with Crippen molar-refractivity contribution >= 4 is 23.6 Å². The molecule has 2 saturated heterocycles. The molecule has 1 saturated carbocycles. The molecule has 3 fully saturated rings. The summed E-state index contributed by atoms with van der Waals surface area (Å²) in [5.74, 6) is -3.79. The van der Waals surface area contributed by atoms with Crippen molar-refractivity contribution in [2.24, 2.45) is 28.6 Å². The summed E-state index contributed by atoms with van der Waals surface area (Å²) in [5, 5.41) is 17.3. The van der Waals surface area contributed by atoms with E-state index in [4.69, 9.17) is 0 Å². The Hall–Kier alpha value is -3.83. The van der Waals surface area contributed by atoms with Gasteiger partial charge in [-0.05, 0) is 53.7 Å². The van der Waals surface area contributed by atoms with Gasteiger partial charge in [-0.1, -0.05) is 34.6 Å². The number of alkyl halides is 6. The Kier molecular flexibility index (Phi) is 8.71. The van der Waals surface area contributed by atoms with Crippen LogP contribution in [0.3, 0.4) is 0 Å². The molecule has 3 aliphatic rings. The number of nitriles is 1. The van der Waals surface area contributed by atoms with Gasteiger partial charge in [0.2, 0.25) is 17.7 Å². The number of carbonyl (C=O) groups excluding carboxylic acids is 4. The first-order chi connectivity index (χ1) is 20.6. The van der Waals surface area contributed by atoms with Gasteiger partial charge in [0, 0.05) is 24.6 Å². The molecule has 2 heterocycles. The minimum Gasteiger partial charge on any atom is -0.356 e. The smallest absolute Gasteiger partial charge is 0.356 e. The van der Waals surface area contributed by atoms with Crippen LogP contribution >= 0.6 is 0 Å². The van der Waals surface area contributed by atoms with Crippen LogP contribution in [-0.4, -0.2) is 59.7 Å². The predicted molar refractivity (Wildman–Crippen MR) is 147 cm³/mol. The zero-order chi connectivity index (χ0) is 33.9. The Labute approximate surface area is 256 Å². The number of benzene rings is 1. The van der Waals surface area contributed by atoms with Crippen molar-refractivity contribution < 1.29 is 45.5 Å². The number of hydrogen-bond acceptors (Lipinski definition) is 5. The lowest BCUT2D eigenvalue weighted by molar-refractivity contribution is -0.144. The number of rotatable bonds is 7. The lowest BCUT2D eigenvalue weighted by Crippen LogP contribution is -2.59. The van der Waals surface area contributed by atoms with Crippen molar-refractivity contribution in [2.75, 3.05) is 13.1 Å².